The first-order valence-corrected chi connectivity index (χ1v) is 7.23. The summed E-state index contributed by atoms with van der Waals surface area (Å²) in [5.41, 5.74) is 1.07. The molecule has 0 radical (unpaired) electrons. The van der Waals surface area contributed by atoms with Crippen molar-refractivity contribution in [2.24, 2.45) is 0 Å². The number of carbonyl (C=O) groups excluding carboxylic acids is 1. The lowest BCUT2D eigenvalue weighted by molar-refractivity contribution is -0.113. The zero-order valence-corrected chi connectivity index (χ0v) is 12.2. The molecular weight excluding hydrogens is 288 g/mol. The van der Waals surface area contributed by atoms with Gasteiger partial charge in [0, 0.05) is 4.90 Å². The van der Waals surface area contributed by atoms with Crippen LogP contribution >= 0.6 is 11.8 Å². The average molecular weight is 302 g/mol. The van der Waals surface area contributed by atoms with Gasteiger partial charge in [0.15, 0.2) is 5.69 Å². The minimum absolute atomic E-state index is 0.0982. The molecule has 0 aliphatic rings. The van der Waals surface area contributed by atoms with E-state index in [0.29, 0.717) is 0 Å². The molecule has 0 bridgehead atoms. The predicted octanol–water partition coefficient (Wildman–Crippen LogP) is 2.82. The molecule has 1 aromatic heterocycles. The molecule has 0 unspecified atom stereocenters. The van der Waals surface area contributed by atoms with Crippen molar-refractivity contribution in [2.75, 3.05) is 11.1 Å². The van der Waals surface area contributed by atoms with Crippen LogP contribution in [-0.4, -0.2) is 27.7 Å². The normalized spacial score (nSPS) is 10.1. The molecule has 5 nitrogen and oxygen atoms in total. The number of carbonyl (C=O) groups is 2. The number of aryl methyl sites for hydroxylation is 1. The minimum atomic E-state index is -1.12. The Labute approximate surface area is 126 Å². The maximum absolute atomic E-state index is 11.8. The molecule has 108 valence electrons. The number of carboxylic acids is 1. The number of pyridine rings is 1. The van der Waals surface area contributed by atoms with Crippen LogP contribution in [0.15, 0.2) is 47.4 Å². The molecule has 21 heavy (non-hydrogen) atoms. The van der Waals surface area contributed by atoms with E-state index in [1.54, 1.807) is 12.1 Å². The highest BCUT2D eigenvalue weighted by molar-refractivity contribution is 8.00. The van der Waals surface area contributed by atoms with Gasteiger partial charge in [-0.1, -0.05) is 23.8 Å². The van der Waals surface area contributed by atoms with Gasteiger partial charge in [0.1, 0.15) is 5.82 Å². The zero-order chi connectivity index (χ0) is 15.2. The van der Waals surface area contributed by atoms with Crippen molar-refractivity contribution < 1.29 is 14.7 Å². The highest BCUT2D eigenvalue weighted by Gasteiger charge is 2.08. The van der Waals surface area contributed by atoms with Crippen LogP contribution in [0.1, 0.15) is 16.1 Å². The lowest BCUT2D eigenvalue weighted by Gasteiger charge is -2.05. The van der Waals surface area contributed by atoms with Gasteiger partial charge in [0.25, 0.3) is 0 Å². The smallest absolute Gasteiger partial charge is 0.354 e. The average Bonchev–Trinajstić information content (AvgIpc) is 2.47. The van der Waals surface area contributed by atoms with E-state index in [1.807, 2.05) is 31.2 Å². The molecule has 0 atom stereocenters. The molecule has 1 aromatic carbocycles. The SMILES string of the molecule is Cc1ccc(SCC(=O)Nc2cccc(C(=O)O)n2)cc1. The fourth-order valence-electron chi connectivity index (χ4n) is 1.59. The maximum Gasteiger partial charge on any atom is 0.354 e. The Morgan fingerprint density at radius 3 is 2.57 bits per heavy atom. The summed E-state index contributed by atoms with van der Waals surface area (Å²) in [7, 11) is 0. The zero-order valence-electron chi connectivity index (χ0n) is 11.4. The summed E-state index contributed by atoms with van der Waals surface area (Å²) in [4.78, 5) is 27.5. The molecule has 6 heteroatoms. The number of rotatable bonds is 5. The van der Waals surface area contributed by atoms with Crippen LogP contribution in [-0.2, 0) is 4.79 Å². The van der Waals surface area contributed by atoms with Gasteiger partial charge in [0.05, 0.1) is 5.75 Å². The van der Waals surface area contributed by atoms with Crippen LogP contribution < -0.4 is 5.32 Å². The number of benzene rings is 1. The van der Waals surface area contributed by atoms with E-state index in [-0.39, 0.29) is 23.2 Å². The quantitative estimate of drug-likeness (QED) is 0.830. The van der Waals surface area contributed by atoms with E-state index >= 15 is 0 Å². The van der Waals surface area contributed by atoms with Crippen molar-refractivity contribution in [3.63, 3.8) is 0 Å². The summed E-state index contributed by atoms with van der Waals surface area (Å²) >= 11 is 1.41. The van der Waals surface area contributed by atoms with Gasteiger partial charge in [-0.05, 0) is 31.2 Å². The Morgan fingerprint density at radius 1 is 1.19 bits per heavy atom. The Balaban J connectivity index is 1.91. The first kappa shape index (κ1) is 15.1. The van der Waals surface area contributed by atoms with Crippen LogP contribution in [0.3, 0.4) is 0 Å². The second-order valence-corrected chi connectivity index (χ2v) is 5.41. The fourth-order valence-corrected chi connectivity index (χ4v) is 2.28. The van der Waals surface area contributed by atoms with E-state index in [1.165, 1.54) is 23.4 Å². The molecule has 1 heterocycles. The molecular formula is C15H14N2O3S. The summed E-state index contributed by atoms with van der Waals surface area (Å²) in [6.07, 6.45) is 0. The van der Waals surface area contributed by atoms with Crippen LogP contribution in [0.4, 0.5) is 5.82 Å². The van der Waals surface area contributed by atoms with Gasteiger partial charge in [-0.25, -0.2) is 9.78 Å². The number of carboxylic acid groups (broad SMARTS) is 1. The van der Waals surface area contributed by atoms with Crippen LogP contribution in [0.25, 0.3) is 0 Å². The number of nitrogens with one attached hydrogen (secondary N) is 1. The molecule has 0 aliphatic carbocycles. The van der Waals surface area contributed by atoms with E-state index in [0.717, 1.165) is 4.90 Å². The van der Waals surface area contributed by atoms with Gasteiger partial charge in [-0.3, -0.25) is 4.79 Å². The summed E-state index contributed by atoms with van der Waals surface area (Å²) in [5, 5.41) is 11.4. The summed E-state index contributed by atoms with van der Waals surface area (Å²) in [6, 6.07) is 12.3. The van der Waals surface area contributed by atoms with Gasteiger partial charge in [-0.15, -0.1) is 11.8 Å². The van der Waals surface area contributed by atoms with Crippen LogP contribution in [0, 0.1) is 6.92 Å². The number of anilines is 1. The summed E-state index contributed by atoms with van der Waals surface area (Å²) < 4.78 is 0. The van der Waals surface area contributed by atoms with E-state index in [9.17, 15) is 9.59 Å². The lowest BCUT2D eigenvalue weighted by Crippen LogP contribution is -2.16. The molecule has 0 aliphatic heterocycles. The molecule has 0 saturated heterocycles. The summed E-state index contributed by atoms with van der Waals surface area (Å²) in [6.45, 7) is 2.00. The molecule has 2 N–H and O–H groups in total. The van der Waals surface area contributed by atoms with Crippen molar-refractivity contribution >= 4 is 29.5 Å². The highest BCUT2D eigenvalue weighted by Crippen LogP contribution is 2.18. The van der Waals surface area contributed by atoms with Gasteiger partial charge < -0.3 is 10.4 Å². The molecule has 2 aromatic rings. The first-order chi connectivity index (χ1) is 10.0. The lowest BCUT2D eigenvalue weighted by atomic mass is 10.2. The van der Waals surface area contributed by atoms with Gasteiger partial charge in [0.2, 0.25) is 5.91 Å². The number of hydrogen-bond acceptors (Lipinski definition) is 4. The Morgan fingerprint density at radius 2 is 1.90 bits per heavy atom. The van der Waals surface area contributed by atoms with Crippen molar-refractivity contribution in [3.05, 3.63) is 53.7 Å². The first-order valence-electron chi connectivity index (χ1n) is 6.24. The number of hydrogen-bond donors (Lipinski definition) is 2. The van der Waals surface area contributed by atoms with Gasteiger partial charge in [-0.2, -0.15) is 0 Å². The molecule has 0 fully saturated rings. The Hall–Kier alpha value is -2.34. The third kappa shape index (κ3) is 4.61. The molecule has 0 saturated carbocycles. The number of aromatic carboxylic acids is 1. The standard InChI is InChI=1S/C15H14N2O3S/c1-10-5-7-11(8-6-10)21-9-14(18)17-13-4-2-3-12(16-13)15(19)20/h2-8H,9H2,1H3,(H,19,20)(H,16,17,18). The van der Waals surface area contributed by atoms with Crippen molar-refractivity contribution in [2.45, 2.75) is 11.8 Å². The van der Waals surface area contributed by atoms with E-state index in [2.05, 4.69) is 10.3 Å². The number of aromatic nitrogens is 1. The van der Waals surface area contributed by atoms with E-state index < -0.39 is 5.97 Å². The van der Waals surface area contributed by atoms with Crippen LogP contribution in [0.5, 0.6) is 0 Å². The number of amides is 1. The highest BCUT2D eigenvalue weighted by atomic mass is 32.2. The molecule has 2 rings (SSSR count). The topological polar surface area (TPSA) is 79.3 Å². The minimum Gasteiger partial charge on any atom is -0.477 e. The Bertz CT molecular complexity index is 656. The largest absolute Gasteiger partial charge is 0.477 e. The summed E-state index contributed by atoms with van der Waals surface area (Å²) in [5.74, 6) is -0.873. The third-order valence-electron chi connectivity index (χ3n) is 2.63. The number of nitrogens with zero attached hydrogens (tertiary/aromatic N) is 1. The van der Waals surface area contributed by atoms with E-state index in [4.69, 9.17) is 5.11 Å². The Kier molecular flexibility index (Phi) is 4.94. The van der Waals surface area contributed by atoms with Crippen molar-refractivity contribution in [1.29, 1.82) is 0 Å². The monoisotopic (exact) mass is 302 g/mol. The van der Waals surface area contributed by atoms with Crippen molar-refractivity contribution in [3.8, 4) is 0 Å². The second-order valence-electron chi connectivity index (χ2n) is 4.36. The predicted molar refractivity (Wildman–Crippen MR) is 81.7 cm³/mol. The second kappa shape index (κ2) is 6.90. The fraction of sp³-hybridized carbons (Fsp3) is 0.133. The molecule has 0 spiro atoms. The van der Waals surface area contributed by atoms with Crippen molar-refractivity contribution in [1.82, 2.24) is 4.98 Å². The van der Waals surface area contributed by atoms with Crippen LogP contribution in [0.2, 0.25) is 0 Å². The number of thioether (sulfide) groups is 1. The molecule has 1 amide bonds. The third-order valence-corrected chi connectivity index (χ3v) is 3.64. The van der Waals surface area contributed by atoms with Gasteiger partial charge >= 0.3 is 5.97 Å². The maximum atomic E-state index is 11.8.